The number of carbonyl (C=O) groups is 2. The fraction of sp³-hybridized carbons (Fsp3) is 0.200. The lowest BCUT2D eigenvalue weighted by Crippen LogP contribution is -2.08. The van der Waals surface area contributed by atoms with Crippen LogP contribution in [0.5, 0.6) is 5.75 Å². The molecule has 0 spiro atoms. The van der Waals surface area contributed by atoms with E-state index in [4.69, 9.17) is 28.2 Å². The molecule has 0 aliphatic carbocycles. The summed E-state index contributed by atoms with van der Waals surface area (Å²) >= 11 is 10.9. The molecule has 17 heavy (non-hydrogen) atoms. The predicted octanol–water partition coefficient (Wildman–Crippen LogP) is 2.62. The number of carbonyl (C=O) groups excluding carboxylic acids is 2. The van der Waals surface area contributed by atoms with Crippen molar-refractivity contribution >= 4 is 41.0 Å². The number of anilines is 1. The Kier molecular flexibility index (Phi) is 4.60. The zero-order valence-electron chi connectivity index (χ0n) is 9.04. The smallest absolute Gasteiger partial charge is 0.360 e. The van der Waals surface area contributed by atoms with E-state index < -0.39 is 5.97 Å². The molecule has 0 aliphatic heterocycles. The Hall–Kier alpha value is -1.46. The van der Waals surface area contributed by atoms with Crippen molar-refractivity contribution in [3.8, 4) is 5.75 Å². The maximum Gasteiger partial charge on any atom is 0.360 e. The number of nitrogens with one attached hydrogen (secondary N) is 1. The zero-order chi connectivity index (χ0) is 13.0. The van der Waals surface area contributed by atoms with Gasteiger partial charge < -0.3 is 14.3 Å². The number of ether oxygens (including phenoxy) is 1. The summed E-state index contributed by atoms with van der Waals surface area (Å²) in [6, 6.07) is 2.71. The number of rotatable bonds is 3. The van der Waals surface area contributed by atoms with E-state index in [2.05, 4.69) is 9.61 Å². The van der Waals surface area contributed by atoms with Crippen LogP contribution in [0.1, 0.15) is 17.3 Å². The van der Waals surface area contributed by atoms with E-state index in [9.17, 15) is 9.59 Å². The van der Waals surface area contributed by atoms with Crippen LogP contribution in [0.3, 0.4) is 0 Å². The van der Waals surface area contributed by atoms with Crippen LogP contribution < -0.4 is 10.1 Å². The molecule has 92 valence electrons. The van der Waals surface area contributed by atoms with Crippen molar-refractivity contribution in [3.63, 3.8) is 0 Å². The van der Waals surface area contributed by atoms with E-state index in [1.165, 1.54) is 26.2 Å². The van der Waals surface area contributed by atoms with Gasteiger partial charge in [0.1, 0.15) is 23.2 Å². The molecule has 5 nitrogen and oxygen atoms in total. The second kappa shape index (κ2) is 5.75. The van der Waals surface area contributed by atoms with Crippen molar-refractivity contribution in [2.45, 2.75) is 6.92 Å². The standard InChI is InChI=1S/C10H9Cl2NO4/c1-5(14)13-8-4-9(16-2)6(3-7(8)11)10(15)17-12/h3-4H,1-2H3,(H,13,14). The number of benzene rings is 1. The Labute approximate surface area is 108 Å². The van der Waals surface area contributed by atoms with Gasteiger partial charge in [-0.05, 0) is 6.07 Å². The Morgan fingerprint density at radius 3 is 2.47 bits per heavy atom. The summed E-state index contributed by atoms with van der Waals surface area (Å²) in [4.78, 5) is 22.2. The zero-order valence-corrected chi connectivity index (χ0v) is 10.6. The third-order valence-electron chi connectivity index (χ3n) is 1.89. The summed E-state index contributed by atoms with van der Waals surface area (Å²) in [5, 5.41) is 2.67. The monoisotopic (exact) mass is 277 g/mol. The Morgan fingerprint density at radius 1 is 1.35 bits per heavy atom. The average molecular weight is 278 g/mol. The molecule has 1 N–H and O–H groups in total. The summed E-state index contributed by atoms with van der Waals surface area (Å²) in [6.07, 6.45) is 0. The van der Waals surface area contributed by atoms with Gasteiger partial charge in [0.15, 0.2) is 0 Å². The van der Waals surface area contributed by atoms with Crippen LogP contribution in [-0.2, 0) is 9.08 Å². The van der Waals surface area contributed by atoms with E-state index in [-0.39, 0.29) is 22.2 Å². The normalized spacial score (nSPS) is 9.65. The second-order valence-corrected chi connectivity index (χ2v) is 3.64. The fourth-order valence-corrected chi connectivity index (χ4v) is 1.50. The number of amides is 1. The lowest BCUT2D eigenvalue weighted by molar-refractivity contribution is -0.114. The van der Waals surface area contributed by atoms with Gasteiger partial charge in [-0.3, -0.25) is 4.79 Å². The van der Waals surface area contributed by atoms with Crippen molar-refractivity contribution in [3.05, 3.63) is 22.7 Å². The van der Waals surface area contributed by atoms with Crippen molar-refractivity contribution in [2.24, 2.45) is 0 Å². The number of hydrogen-bond acceptors (Lipinski definition) is 4. The first-order valence-corrected chi connectivity index (χ1v) is 5.16. The van der Waals surface area contributed by atoms with Gasteiger partial charge in [0.2, 0.25) is 5.91 Å². The molecule has 0 heterocycles. The number of halogens is 2. The minimum Gasteiger partial charge on any atom is -0.496 e. The first kappa shape index (κ1) is 13.6. The van der Waals surface area contributed by atoms with Crippen molar-refractivity contribution in [1.82, 2.24) is 0 Å². The second-order valence-electron chi connectivity index (χ2n) is 3.08. The molecule has 7 heteroatoms. The molecular formula is C10H9Cl2NO4. The fourth-order valence-electron chi connectivity index (χ4n) is 1.21. The van der Waals surface area contributed by atoms with Crippen LogP contribution in [0.15, 0.2) is 12.1 Å². The van der Waals surface area contributed by atoms with E-state index in [0.717, 1.165) is 0 Å². The predicted molar refractivity (Wildman–Crippen MR) is 63.6 cm³/mol. The molecule has 0 atom stereocenters. The van der Waals surface area contributed by atoms with Crippen LogP contribution in [0.2, 0.25) is 5.02 Å². The highest BCUT2D eigenvalue weighted by Crippen LogP contribution is 2.31. The van der Waals surface area contributed by atoms with Gasteiger partial charge in [0.05, 0.1) is 17.8 Å². The summed E-state index contributed by atoms with van der Waals surface area (Å²) in [5.74, 6) is -0.884. The molecular weight excluding hydrogens is 269 g/mol. The largest absolute Gasteiger partial charge is 0.496 e. The van der Waals surface area contributed by atoms with Gasteiger partial charge >= 0.3 is 5.97 Å². The van der Waals surface area contributed by atoms with Gasteiger partial charge in [0, 0.05) is 13.0 Å². The van der Waals surface area contributed by atoms with Gasteiger partial charge in [-0.1, -0.05) is 11.6 Å². The van der Waals surface area contributed by atoms with E-state index >= 15 is 0 Å². The first-order chi connectivity index (χ1) is 7.99. The summed E-state index contributed by atoms with van der Waals surface area (Å²) < 4.78 is 9.04. The van der Waals surface area contributed by atoms with Gasteiger partial charge in [-0.2, -0.15) is 0 Å². The van der Waals surface area contributed by atoms with E-state index in [1.54, 1.807) is 0 Å². The molecule has 0 bridgehead atoms. The van der Waals surface area contributed by atoms with Crippen LogP contribution in [0, 0.1) is 0 Å². The summed E-state index contributed by atoms with van der Waals surface area (Å²) in [5.41, 5.74) is 0.406. The molecule has 0 aliphatic rings. The van der Waals surface area contributed by atoms with Gasteiger partial charge in [-0.15, -0.1) is 0 Å². The summed E-state index contributed by atoms with van der Waals surface area (Å²) in [6.45, 7) is 1.34. The quantitative estimate of drug-likeness (QED) is 0.923. The molecule has 0 saturated carbocycles. The van der Waals surface area contributed by atoms with Crippen LogP contribution in [0.25, 0.3) is 0 Å². The third kappa shape index (κ3) is 3.25. The van der Waals surface area contributed by atoms with Gasteiger partial charge in [0.25, 0.3) is 0 Å². The molecule has 0 saturated heterocycles. The van der Waals surface area contributed by atoms with Crippen molar-refractivity contribution in [2.75, 3.05) is 12.4 Å². The van der Waals surface area contributed by atoms with Crippen molar-refractivity contribution < 1.29 is 18.6 Å². The maximum absolute atomic E-state index is 11.3. The SMILES string of the molecule is COc1cc(NC(C)=O)c(Cl)cc1C(=O)OCl. The van der Waals surface area contributed by atoms with E-state index in [1.807, 2.05) is 0 Å². The van der Waals surface area contributed by atoms with Gasteiger partial charge in [-0.25, -0.2) is 4.79 Å². The molecule has 1 rings (SSSR count). The highest BCUT2D eigenvalue weighted by atomic mass is 35.5. The first-order valence-electron chi connectivity index (χ1n) is 4.47. The molecule has 1 aromatic carbocycles. The Balaban J connectivity index is 3.24. The summed E-state index contributed by atoms with van der Waals surface area (Å²) in [7, 11) is 1.37. The minimum atomic E-state index is -0.792. The van der Waals surface area contributed by atoms with Crippen molar-refractivity contribution in [1.29, 1.82) is 0 Å². The third-order valence-corrected chi connectivity index (χ3v) is 2.34. The number of methoxy groups -OCH3 is 1. The van der Waals surface area contributed by atoms with Crippen LogP contribution in [0.4, 0.5) is 5.69 Å². The number of hydrogen-bond donors (Lipinski definition) is 1. The minimum absolute atomic E-state index is 0.0709. The van der Waals surface area contributed by atoms with Crippen LogP contribution in [-0.4, -0.2) is 19.0 Å². The highest BCUT2D eigenvalue weighted by molar-refractivity contribution is 6.34. The average Bonchev–Trinajstić information content (AvgIpc) is 2.29. The topological polar surface area (TPSA) is 64.6 Å². The lowest BCUT2D eigenvalue weighted by Gasteiger charge is -2.10. The molecule has 0 fully saturated rings. The molecule has 0 aromatic heterocycles. The Morgan fingerprint density at radius 2 is 2.00 bits per heavy atom. The maximum atomic E-state index is 11.3. The van der Waals surface area contributed by atoms with Crippen LogP contribution >= 0.6 is 23.5 Å². The molecule has 0 unspecified atom stereocenters. The highest BCUT2D eigenvalue weighted by Gasteiger charge is 2.17. The van der Waals surface area contributed by atoms with E-state index in [0.29, 0.717) is 5.69 Å². The Bertz CT molecular complexity index is 462. The molecule has 1 aromatic rings. The molecule has 0 radical (unpaired) electrons. The lowest BCUT2D eigenvalue weighted by atomic mass is 10.2. The molecule has 1 amide bonds.